The molecule has 0 fully saturated rings. The van der Waals surface area contributed by atoms with Gasteiger partial charge in [-0.2, -0.15) is 0 Å². The predicted octanol–water partition coefficient (Wildman–Crippen LogP) is 5.28. The first-order valence-corrected chi connectivity index (χ1v) is 11.4. The molecule has 1 aromatic heterocycles. The zero-order valence-corrected chi connectivity index (χ0v) is 19.2. The van der Waals surface area contributed by atoms with E-state index in [9.17, 15) is 9.59 Å². The number of nitrogens with zero attached hydrogens (tertiary/aromatic N) is 3. The Bertz CT molecular complexity index is 1280. The summed E-state index contributed by atoms with van der Waals surface area (Å²) < 4.78 is 1.89. The van der Waals surface area contributed by atoms with Gasteiger partial charge < -0.3 is 10.6 Å². The molecule has 0 radical (unpaired) electrons. The number of rotatable bonds is 7. The number of carbonyl (C=O) groups excluding carboxylic acids is 2. The lowest BCUT2D eigenvalue weighted by atomic mass is 10.2. The first-order chi connectivity index (χ1) is 16.0. The maximum atomic E-state index is 12.5. The second kappa shape index (κ2) is 10.3. The van der Waals surface area contributed by atoms with Crippen LogP contribution in [0.25, 0.3) is 17.1 Å². The average Bonchev–Trinajstić information content (AvgIpc) is 3.23. The van der Waals surface area contributed by atoms with Crippen LogP contribution in [0.5, 0.6) is 0 Å². The lowest BCUT2D eigenvalue weighted by molar-refractivity contribution is -0.114. The Morgan fingerprint density at radius 3 is 2.18 bits per heavy atom. The highest BCUT2D eigenvalue weighted by molar-refractivity contribution is 7.99. The monoisotopic (exact) mass is 477 g/mol. The second-order valence-electron chi connectivity index (χ2n) is 7.05. The number of aromatic nitrogens is 3. The molecule has 2 N–H and O–H groups in total. The van der Waals surface area contributed by atoms with Crippen molar-refractivity contribution in [2.45, 2.75) is 12.1 Å². The zero-order valence-electron chi connectivity index (χ0n) is 17.7. The van der Waals surface area contributed by atoms with E-state index < -0.39 is 0 Å². The Balaban J connectivity index is 1.52. The Morgan fingerprint density at radius 1 is 0.879 bits per heavy atom. The fourth-order valence-corrected chi connectivity index (χ4v) is 4.13. The molecule has 3 aromatic carbocycles. The molecule has 0 bridgehead atoms. The van der Waals surface area contributed by atoms with Crippen molar-refractivity contribution in [3.8, 4) is 17.1 Å². The highest BCUT2D eigenvalue weighted by atomic mass is 35.5. The van der Waals surface area contributed by atoms with Crippen molar-refractivity contribution in [2.75, 3.05) is 16.4 Å². The van der Waals surface area contributed by atoms with E-state index in [-0.39, 0.29) is 17.6 Å². The van der Waals surface area contributed by atoms with E-state index >= 15 is 0 Å². The summed E-state index contributed by atoms with van der Waals surface area (Å²) in [5, 5.41) is 15.4. The molecule has 0 atom stereocenters. The largest absolute Gasteiger partial charge is 0.326 e. The molecule has 4 rings (SSSR count). The zero-order chi connectivity index (χ0) is 23.2. The molecule has 166 valence electrons. The third-order valence-electron chi connectivity index (χ3n) is 4.58. The maximum absolute atomic E-state index is 12.5. The number of hydrogen-bond acceptors (Lipinski definition) is 5. The number of para-hydroxylation sites is 1. The van der Waals surface area contributed by atoms with Crippen molar-refractivity contribution < 1.29 is 9.59 Å². The van der Waals surface area contributed by atoms with E-state index in [2.05, 4.69) is 20.8 Å². The van der Waals surface area contributed by atoms with E-state index in [0.717, 1.165) is 11.3 Å². The molecule has 0 saturated heterocycles. The van der Waals surface area contributed by atoms with E-state index in [4.69, 9.17) is 11.6 Å². The van der Waals surface area contributed by atoms with Crippen molar-refractivity contribution in [3.63, 3.8) is 0 Å². The predicted molar refractivity (Wildman–Crippen MR) is 132 cm³/mol. The smallest absolute Gasteiger partial charge is 0.234 e. The molecule has 4 aromatic rings. The van der Waals surface area contributed by atoms with Gasteiger partial charge in [-0.15, -0.1) is 10.2 Å². The normalized spacial score (nSPS) is 10.6. The Kier molecular flexibility index (Phi) is 7.07. The lowest BCUT2D eigenvalue weighted by Gasteiger charge is -2.11. The van der Waals surface area contributed by atoms with Crippen LogP contribution in [-0.4, -0.2) is 32.3 Å². The van der Waals surface area contributed by atoms with E-state index in [1.54, 1.807) is 30.3 Å². The molecular weight excluding hydrogens is 458 g/mol. The summed E-state index contributed by atoms with van der Waals surface area (Å²) in [5.74, 6) is 0.403. The fraction of sp³-hybridized carbons (Fsp3) is 0.0833. The number of amides is 2. The van der Waals surface area contributed by atoms with Crippen LogP contribution in [0, 0.1) is 0 Å². The minimum absolute atomic E-state index is 0.140. The maximum Gasteiger partial charge on any atom is 0.234 e. The molecular formula is C24H20ClN5O2S. The van der Waals surface area contributed by atoms with Gasteiger partial charge in [0.2, 0.25) is 11.8 Å². The molecule has 9 heteroatoms. The van der Waals surface area contributed by atoms with E-state index in [0.29, 0.717) is 27.4 Å². The summed E-state index contributed by atoms with van der Waals surface area (Å²) >= 11 is 7.69. The van der Waals surface area contributed by atoms with Gasteiger partial charge in [-0.1, -0.05) is 53.7 Å². The van der Waals surface area contributed by atoms with Gasteiger partial charge in [-0.05, 0) is 48.5 Å². The van der Waals surface area contributed by atoms with Gasteiger partial charge >= 0.3 is 0 Å². The summed E-state index contributed by atoms with van der Waals surface area (Å²) in [7, 11) is 0. The molecule has 0 aliphatic carbocycles. The molecule has 33 heavy (non-hydrogen) atoms. The molecule has 1 heterocycles. The second-order valence-corrected chi connectivity index (χ2v) is 8.40. The molecule has 0 aliphatic heterocycles. The molecule has 0 saturated carbocycles. The average molecular weight is 478 g/mol. The van der Waals surface area contributed by atoms with Crippen LogP contribution in [-0.2, 0) is 9.59 Å². The number of thioether (sulfide) groups is 1. The van der Waals surface area contributed by atoms with Crippen molar-refractivity contribution in [1.82, 2.24) is 14.8 Å². The Labute approximate surface area is 200 Å². The van der Waals surface area contributed by atoms with Crippen molar-refractivity contribution in [2.24, 2.45) is 0 Å². The van der Waals surface area contributed by atoms with Crippen LogP contribution in [0.2, 0.25) is 5.02 Å². The van der Waals surface area contributed by atoms with Crippen molar-refractivity contribution >= 4 is 46.6 Å². The quantitative estimate of drug-likeness (QED) is 0.354. The highest BCUT2D eigenvalue weighted by Gasteiger charge is 2.18. The third kappa shape index (κ3) is 5.60. The molecule has 0 unspecified atom stereocenters. The van der Waals surface area contributed by atoms with Gasteiger partial charge in [0.15, 0.2) is 11.0 Å². The number of benzene rings is 3. The van der Waals surface area contributed by atoms with Gasteiger partial charge in [0.1, 0.15) is 0 Å². The van der Waals surface area contributed by atoms with Crippen molar-refractivity contribution in [1.29, 1.82) is 0 Å². The van der Waals surface area contributed by atoms with Crippen LogP contribution in [0.3, 0.4) is 0 Å². The van der Waals surface area contributed by atoms with Gasteiger partial charge in [0.05, 0.1) is 10.8 Å². The van der Waals surface area contributed by atoms with Crippen LogP contribution in [0.15, 0.2) is 84.0 Å². The molecule has 7 nitrogen and oxygen atoms in total. The number of anilines is 2. The topological polar surface area (TPSA) is 88.9 Å². The minimum atomic E-state index is -0.186. The summed E-state index contributed by atoms with van der Waals surface area (Å²) in [6, 6.07) is 24.0. The van der Waals surface area contributed by atoms with Crippen LogP contribution < -0.4 is 10.6 Å². The number of carbonyl (C=O) groups is 2. The molecule has 0 spiro atoms. The number of hydrogen-bond donors (Lipinski definition) is 2. The fourth-order valence-electron chi connectivity index (χ4n) is 3.16. The third-order valence-corrected chi connectivity index (χ3v) is 5.84. The van der Waals surface area contributed by atoms with Crippen molar-refractivity contribution in [3.05, 3.63) is 83.9 Å². The van der Waals surface area contributed by atoms with Gasteiger partial charge in [-0.3, -0.25) is 14.2 Å². The van der Waals surface area contributed by atoms with E-state index in [1.165, 1.54) is 18.7 Å². The molecule has 2 amide bonds. The van der Waals surface area contributed by atoms with Crippen LogP contribution in [0.4, 0.5) is 11.4 Å². The van der Waals surface area contributed by atoms with Gasteiger partial charge in [0, 0.05) is 29.5 Å². The standard InChI is InChI=1S/C24H20ClN5O2S/c1-16(31)26-17-11-13-18(14-12-17)27-22(32)15-33-24-29-28-23(20-9-5-6-10-21(20)25)30(24)19-7-3-2-4-8-19/h2-14H,15H2,1H3,(H,26,31)(H,27,32). The van der Waals surface area contributed by atoms with Crippen LogP contribution in [0.1, 0.15) is 6.92 Å². The summed E-state index contributed by atoms with van der Waals surface area (Å²) in [6.45, 7) is 1.44. The number of halogens is 1. The molecule has 0 aliphatic rings. The van der Waals surface area contributed by atoms with Gasteiger partial charge in [-0.25, -0.2) is 0 Å². The Hall–Kier alpha value is -3.62. The Morgan fingerprint density at radius 2 is 1.52 bits per heavy atom. The summed E-state index contributed by atoms with van der Waals surface area (Å²) in [5.41, 5.74) is 2.92. The highest BCUT2D eigenvalue weighted by Crippen LogP contribution is 2.31. The lowest BCUT2D eigenvalue weighted by Crippen LogP contribution is -2.14. The summed E-state index contributed by atoms with van der Waals surface area (Å²) in [6.07, 6.45) is 0. The number of nitrogens with one attached hydrogen (secondary N) is 2. The summed E-state index contributed by atoms with van der Waals surface area (Å²) in [4.78, 5) is 23.7. The minimum Gasteiger partial charge on any atom is -0.326 e. The van der Waals surface area contributed by atoms with E-state index in [1.807, 2.05) is 53.1 Å². The first-order valence-electron chi connectivity index (χ1n) is 10.1. The van der Waals surface area contributed by atoms with Crippen LogP contribution >= 0.6 is 23.4 Å². The SMILES string of the molecule is CC(=O)Nc1ccc(NC(=O)CSc2nnc(-c3ccccc3Cl)n2-c2ccccc2)cc1. The van der Waals surface area contributed by atoms with Gasteiger partial charge in [0.25, 0.3) is 0 Å². The first kappa shape index (κ1) is 22.6.